The van der Waals surface area contributed by atoms with Gasteiger partial charge >= 0.3 is 6.03 Å². The number of nitrogens with zero attached hydrogens (tertiary/aromatic N) is 1. The highest BCUT2D eigenvalue weighted by molar-refractivity contribution is 5.73. The zero-order valence-corrected chi connectivity index (χ0v) is 17.3. The third-order valence-electron chi connectivity index (χ3n) is 6.21. The van der Waals surface area contributed by atoms with Gasteiger partial charge in [-0.25, -0.2) is 4.79 Å². The third kappa shape index (κ3) is 5.37. The Balaban J connectivity index is 1.15. The van der Waals surface area contributed by atoms with Crippen molar-refractivity contribution in [2.45, 2.75) is 52.0 Å². The lowest BCUT2D eigenvalue weighted by Crippen LogP contribution is -2.36. The normalized spacial score (nSPS) is 21.1. The Morgan fingerprint density at radius 1 is 1.07 bits per heavy atom. The van der Waals surface area contributed by atoms with E-state index in [1.165, 1.54) is 23.1 Å². The fraction of sp³-hybridized carbons (Fsp3) is 0.458. The number of benzene rings is 2. The lowest BCUT2D eigenvalue weighted by molar-refractivity contribution is 0.239. The summed E-state index contributed by atoms with van der Waals surface area (Å²) >= 11 is 0. The Hall–Kier alpha value is -2.37. The first-order chi connectivity index (χ1) is 14.2. The summed E-state index contributed by atoms with van der Waals surface area (Å²) in [6, 6.07) is 17.7. The van der Waals surface area contributed by atoms with E-state index in [4.69, 9.17) is 0 Å². The standard InChI is InChI=1S/C24H32N4O/c1-18-11-21(17-28(18)16-19-5-3-2-4-6-19)9-10-26-24(29)27-13-20-7-8-22-14-25-15-23(22)12-20/h2-8,12,18,21,25H,9-11,13-17H2,1H3,(H2,26,27,29). The molecule has 2 aliphatic heterocycles. The molecule has 2 aliphatic rings. The molecule has 0 bridgehead atoms. The molecule has 29 heavy (non-hydrogen) atoms. The van der Waals surface area contributed by atoms with Gasteiger partial charge in [-0.3, -0.25) is 4.90 Å². The van der Waals surface area contributed by atoms with E-state index in [9.17, 15) is 4.79 Å². The molecule has 0 spiro atoms. The summed E-state index contributed by atoms with van der Waals surface area (Å²) in [5.74, 6) is 0.651. The number of likely N-dealkylation sites (tertiary alicyclic amines) is 1. The summed E-state index contributed by atoms with van der Waals surface area (Å²) < 4.78 is 0. The number of hydrogen-bond donors (Lipinski definition) is 3. The highest BCUT2D eigenvalue weighted by Gasteiger charge is 2.28. The summed E-state index contributed by atoms with van der Waals surface area (Å²) in [6.45, 7) is 7.63. The zero-order valence-electron chi connectivity index (χ0n) is 17.3. The first-order valence-electron chi connectivity index (χ1n) is 10.8. The van der Waals surface area contributed by atoms with E-state index in [1.807, 2.05) is 0 Å². The molecule has 0 saturated carbocycles. The maximum Gasteiger partial charge on any atom is 0.315 e. The number of urea groups is 1. The maximum atomic E-state index is 12.1. The molecule has 1 fully saturated rings. The van der Waals surface area contributed by atoms with Crippen LogP contribution in [0.2, 0.25) is 0 Å². The van der Waals surface area contributed by atoms with Gasteiger partial charge in [-0.1, -0.05) is 48.5 Å². The molecule has 5 nitrogen and oxygen atoms in total. The quantitative estimate of drug-likeness (QED) is 0.677. The Morgan fingerprint density at radius 2 is 1.90 bits per heavy atom. The second-order valence-electron chi connectivity index (χ2n) is 8.47. The molecule has 0 aromatic heterocycles. The van der Waals surface area contributed by atoms with Gasteiger partial charge in [0, 0.05) is 45.3 Å². The van der Waals surface area contributed by atoms with Crippen LogP contribution in [0.5, 0.6) is 0 Å². The summed E-state index contributed by atoms with van der Waals surface area (Å²) in [4.78, 5) is 14.7. The van der Waals surface area contributed by atoms with E-state index in [2.05, 4.69) is 76.3 Å². The van der Waals surface area contributed by atoms with Gasteiger partial charge in [0.15, 0.2) is 0 Å². The van der Waals surface area contributed by atoms with Gasteiger partial charge in [-0.2, -0.15) is 0 Å². The van der Waals surface area contributed by atoms with Gasteiger partial charge < -0.3 is 16.0 Å². The minimum Gasteiger partial charge on any atom is -0.338 e. The lowest BCUT2D eigenvalue weighted by atomic mass is 10.0. The SMILES string of the molecule is CC1CC(CCNC(=O)NCc2ccc3c(c2)CNC3)CN1Cc1ccccc1. The van der Waals surface area contributed by atoms with E-state index < -0.39 is 0 Å². The number of carbonyl (C=O) groups excluding carboxylic acids is 1. The van der Waals surface area contributed by atoms with Crippen LogP contribution >= 0.6 is 0 Å². The molecule has 2 heterocycles. The van der Waals surface area contributed by atoms with Crippen molar-refractivity contribution < 1.29 is 4.79 Å². The third-order valence-corrected chi connectivity index (χ3v) is 6.21. The van der Waals surface area contributed by atoms with E-state index in [-0.39, 0.29) is 6.03 Å². The Bertz CT molecular complexity index is 823. The summed E-state index contributed by atoms with van der Waals surface area (Å²) in [5, 5.41) is 9.37. The van der Waals surface area contributed by atoms with Crippen molar-refractivity contribution in [2.24, 2.45) is 5.92 Å². The molecule has 2 amide bonds. The van der Waals surface area contributed by atoms with Crippen LogP contribution in [0.4, 0.5) is 4.79 Å². The van der Waals surface area contributed by atoms with Crippen molar-refractivity contribution in [2.75, 3.05) is 13.1 Å². The van der Waals surface area contributed by atoms with Crippen LogP contribution in [0.1, 0.15) is 42.0 Å². The highest BCUT2D eigenvalue weighted by Crippen LogP contribution is 2.26. The van der Waals surface area contributed by atoms with Gasteiger partial charge in [0.1, 0.15) is 0 Å². The molecule has 3 N–H and O–H groups in total. The predicted molar refractivity (Wildman–Crippen MR) is 116 cm³/mol. The van der Waals surface area contributed by atoms with E-state index in [1.54, 1.807) is 0 Å². The second kappa shape index (κ2) is 9.42. The van der Waals surface area contributed by atoms with Gasteiger partial charge in [0.25, 0.3) is 0 Å². The molecule has 0 aliphatic carbocycles. The summed E-state index contributed by atoms with van der Waals surface area (Å²) in [5.41, 5.74) is 5.24. The van der Waals surface area contributed by atoms with E-state index in [0.717, 1.165) is 44.7 Å². The van der Waals surface area contributed by atoms with Crippen molar-refractivity contribution in [1.29, 1.82) is 0 Å². The lowest BCUT2D eigenvalue weighted by Gasteiger charge is -2.21. The van der Waals surface area contributed by atoms with Crippen molar-refractivity contribution >= 4 is 6.03 Å². The van der Waals surface area contributed by atoms with Crippen LogP contribution in [-0.2, 0) is 26.2 Å². The fourth-order valence-electron chi connectivity index (χ4n) is 4.56. The molecular formula is C24H32N4O. The fourth-order valence-corrected chi connectivity index (χ4v) is 4.56. The van der Waals surface area contributed by atoms with Crippen LogP contribution in [0.15, 0.2) is 48.5 Å². The van der Waals surface area contributed by atoms with Crippen LogP contribution < -0.4 is 16.0 Å². The molecule has 2 aromatic carbocycles. The number of fused-ring (bicyclic) bond motifs is 1. The van der Waals surface area contributed by atoms with Crippen molar-refractivity contribution in [3.8, 4) is 0 Å². The van der Waals surface area contributed by atoms with Crippen molar-refractivity contribution in [1.82, 2.24) is 20.9 Å². The van der Waals surface area contributed by atoms with Gasteiger partial charge in [-0.05, 0) is 47.9 Å². The molecule has 154 valence electrons. The summed E-state index contributed by atoms with van der Waals surface area (Å²) in [6.07, 6.45) is 2.24. The number of hydrogen-bond acceptors (Lipinski definition) is 3. The number of nitrogens with one attached hydrogen (secondary N) is 3. The van der Waals surface area contributed by atoms with Gasteiger partial charge in [-0.15, -0.1) is 0 Å². The molecule has 2 aromatic rings. The highest BCUT2D eigenvalue weighted by atomic mass is 16.2. The molecule has 0 radical (unpaired) electrons. The minimum atomic E-state index is -0.0733. The number of carbonyl (C=O) groups is 1. The molecule has 1 saturated heterocycles. The first kappa shape index (κ1) is 19.9. The second-order valence-corrected chi connectivity index (χ2v) is 8.47. The number of amides is 2. The molecule has 2 unspecified atom stereocenters. The first-order valence-corrected chi connectivity index (χ1v) is 10.8. The van der Waals surface area contributed by atoms with Crippen LogP contribution in [-0.4, -0.2) is 30.1 Å². The van der Waals surface area contributed by atoms with Gasteiger partial charge in [0.05, 0.1) is 0 Å². The summed E-state index contributed by atoms with van der Waals surface area (Å²) in [7, 11) is 0. The van der Waals surface area contributed by atoms with Crippen LogP contribution in [0, 0.1) is 5.92 Å². The van der Waals surface area contributed by atoms with E-state index >= 15 is 0 Å². The van der Waals surface area contributed by atoms with Crippen LogP contribution in [0.3, 0.4) is 0 Å². The van der Waals surface area contributed by atoms with E-state index in [0.29, 0.717) is 18.5 Å². The molecule has 4 rings (SSSR count). The Kier molecular flexibility index (Phi) is 6.47. The molecular weight excluding hydrogens is 360 g/mol. The van der Waals surface area contributed by atoms with Crippen molar-refractivity contribution in [3.05, 3.63) is 70.8 Å². The molecule has 2 atom stereocenters. The number of rotatable bonds is 7. The Labute approximate surface area is 173 Å². The zero-order chi connectivity index (χ0) is 20.1. The van der Waals surface area contributed by atoms with Gasteiger partial charge in [0.2, 0.25) is 0 Å². The average Bonchev–Trinajstić information content (AvgIpc) is 3.33. The smallest absolute Gasteiger partial charge is 0.315 e. The largest absolute Gasteiger partial charge is 0.338 e. The van der Waals surface area contributed by atoms with Crippen molar-refractivity contribution in [3.63, 3.8) is 0 Å². The minimum absolute atomic E-state index is 0.0733. The topological polar surface area (TPSA) is 56.4 Å². The monoisotopic (exact) mass is 392 g/mol. The Morgan fingerprint density at radius 3 is 2.76 bits per heavy atom. The molecule has 5 heteroatoms. The maximum absolute atomic E-state index is 12.1. The predicted octanol–water partition coefficient (Wildman–Crippen LogP) is 3.39. The van der Waals surface area contributed by atoms with Crippen LogP contribution in [0.25, 0.3) is 0 Å². The average molecular weight is 393 g/mol.